The standard InChI is InChI=1S/C9H10INO/c10-7-4-6-2-1-3-11-8(6)5-9(7)12/h4-5,11-12H,1-3H2. The van der Waals surface area contributed by atoms with E-state index in [1.165, 1.54) is 12.0 Å². The predicted molar refractivity (Wildman–Crippen MR) is 57.6 cm³/mol. The summed E-state index contributed by atoms with van der Waals surface area (Å²) in [7, 11) is 0. The van der Waals surface area contributed by atoms with Gasteiger partial charge in [0.1, 0.15) is 5.75 Å². The molecule has 0 aromatic heterocycles. The van der Waals surface area contributed by atoms with Crippen molar-refractivity contribution in [3.8, 4) is 5.75 Å². The van der Waals surface area contributed by atoms with Crippen molar-refractivity contribution in [2.75, 3.05) is 11.9 Å². The summed E-state index contributed by atoms with van der Waals surface area (Å²) in [6, 6.07) is 3.87. The molecule has 0 saturated heterocycles. The van der Waals surface area contributed by atoms with E-state index in [-0.39, 0.29) is 0 Å². The lowest BCUT2D eigenvalue weighted by Gasteiger charge is -2.18. The van der Waals surface area contributed by atoms with Crippen LogP contribution in [0.3, 0.4) is 0 Å². The van der Waals surface area contributed by atoms with E-state index in [1.807, 2.05) is 6.07 Å². The fraction of sp³-hybridized carbons (Fsp3) is 0.333. The van der Waals surface area contributed by atoms with Crippen LogP contribution in [0.15, 0.2) is 12.1 Å². The van der Waals surface area contributed by atoms with Gasteiger partial charge in [-0.2, -0.15) is 0 Å². The van der Waals surface area contributed by atoms with E-state index >= 15 is 0 Å². The Morgan fingerprint density at radius 3 is 3.08 bits per heavy atom. The lowest BCUT2D eigenvalue weighted by atomic mass is 10.0. The second-order valence-corrected chi connectivity index (χ2v) is 4.15. The maximum atomic E-state index is 9.43. The zero-order valence-electron chi connectivity index (χ0n) is 6.60. The summed E-state index contributed by atoms with van der Waals surface area (Å²) in [6.45, 7) is 1.02. The lowest BCUT2D eigenvalue weighted by molar-refractivity contribution is 0.471. The van der Waals surface area contributed by atoms with Crippen molar-refractivity contribution < 1.29 is 5.11 Å². The van der Waals surface area contributed by atoms with Gasteiger partial charge < -0.3 is 10.4 Å². The van der Waals surface area contributed by atoms with Gasteiger partial charge in [0, 0.05) is 18.3 Å². The van der Waals surface area contributed by atoms with Gasteiger partial charge in [0.15, 0.2) is 0 Å². The summed E-state index contributed by atoms with van der Waals surface area (Å²) in [4.78, 5) is 0. The highest BCUT2D eigenvalue weighted by atomic mass is 127. The minimum atomic E-state index is 0.378. The molecule has 2 nitrogen and oxygen atoms in total. The Morgan fingerprint density at radius 1 is 1.42 bits per heavy atom. The number of phenols is 1. The molecule has 1 heterocycles. The van der Waals surface area contributed by atoms with Crippen LogP contribution >= 0.6 is 22.6 Å². The number of phenolic OH excluding ortho intramolecular Hbond substituents is 1. The van der Waals surface area contributed by atoms with Crippen molar-refractivity contribution in [2.45, 2.75) is 12.8 Å². The first-order valence-electron chi connectivity index (χ1n) is 4.02. The van der Waals surface area contributed by atoms with Gasteiger partial charge in [-0.05, 0) is 47.1 Å². The van der Waals surface area contributed by atoms with E-state index in [0.717, 1.165) is 22.2 Å². The van der Waals surface area contributed by atoms with Gasteiger partial charge in [-0.25, -0.2) is 0 Å². The number of nitrogens with one attached hydrogen (secondary N) is 1. The molecule has 0 bridgehead atoms. The van der Waals surface area contributed by atoms with Crippen molar-refractivity contribution in [3.05, 3.63) is 21.3 Å². The normalized spacial score (nSPS) is 15.1. The molecule has 0 atom stereocenters. The van der Waals surface area contributed by atoms with Gasteiger partial charge in [0.05, 0.1) is 3.57 Å². The molecular weight excluding hydrogens is 265 g/mol. The van der Waals surface area contributed by atoms with E-state index in [4.69, 9.17) is 0 Å². The molecule has 12 heavy (non-hydrogen) atoms. The summed E-state index contributed by atoms with van der Waals surface area (Å²) in [5.41, 5.74) is 2.42. The highest BCUT2D eigenvalue weighted by molar-refractivity contribution is 14.1. The van der Waals surface area contributed by atoms with Crippen LogP contribution in [-0.2, 0) is 6.42 Å². The molecule has 0 saturated carbocycles. The first-order chi connectivity index (χ1) is 5.77. The largest absolute Gasteiger partial charge is 0.507 e. The molecule has 3 heteroatoms. The maximum absolute atomic E-state index is 9.43. The first-order valence-corrected chi connectivity index (χ1v) is 5.10. The third-order valence-corrected chi connectivity index (χ3v) is 2.98. The number of benzene rings is 1. The first kappa shape index (κ1) is 8.16. The number of rotatable bonds is 0. The molecule has 2 rings (SSSR count). The minimum Gasteiger partial charge on any atom is -0.507 e. The Bertz CT molecular complexity index is 281. The van der Waals surface area contributed by atoms with Crippen molar-refractivity contribution in [1.29, 1.82) is 0 Å². The van der Waals surface area contributed by atoms with Crippen molar-refractivity contribution in [1.82, 2.24) is 0 Å². The van der Waals surface area contributed by atoms with Crippen LogP contribution in [0.1, 0.15) is 12.0 Å². The molecule has 0 unspecified atom stereocenters. The number of halogens is 1. The number of aromatic hydroxyl groups is 1. The van der Waals surface area contributed by atoms with Crippen LogP contribution in [0.2, 0.25) is 0 Å². The Labute approximate surface area is 85.1 Å². The molecule has 0 aliphatic carbocycles. The molecule has 1 aromatic carbocycles. The molecule has 2 N–H and O–H groups in total. The fourth-order valence-electron chi connectivity index (χ4n) is 1.48. The quantitative estimate of drug-likeness (QED) is 0.712. The second kappa shape index (κ2) is 3.12. The van der Waals surface area contributed by atoms with Crippen molar-refractivity contribution >= 4 is 28.3 Å². The Kier molecular flexibility index (Phi) is 2.12. The van der Waals surface area contributed by atoms with Crippen molar-refractivity contribution in [2.24, 2.45) is 0 Å². The molecule has 1 aliphatic rings. The number of anilines is 1. The van der Waals surface area contributed by atoms with E-state index in [1.54, 1.807) is 0 Å². The summed E-state index contributed by atoms with van der Waals surface area (Å²) in [6.07, 6.45) is 2.31. The Hall–Kier alpha value is -0.450. The van der Waals surface area contributed by atoms with Gasteiger partial charge in [-0.1, -0.05) is 0 Å². The fourth-order valence-corrected chi connectivity index (χ4v) is 2.01. The highest BCUT2D eigenvalue weighted by Gasteiger charge is 2.10. The molecular formula is C9H10INO. The predicted octanol–water partition coefficient (Wildman–Crippen LogP) is 2.35. The van der Waals surface area contributed by atoms with Crippen LogP contribution < -0.4 is 5.32 Å². The zero-order chi connectivity index (χ0) is 8.55. The molecule has 0 fully saturated rings. The monoisotopic (exact) mass is 275 g/mol. The summed E-state index contributed by atoms with van der Waals surface area (Å²) >= 11 is 2.15. The van der Waals surface area contributed by atoms with Gasteiger partial charge in [0.2, 0.25) is 0 Å². The van der Waals surface area contributed by atoms with Gasteiger partial charge in [0.25, 0.3) is 0 Å². The highest BCUT2D eigenvalue weighted by Crippen LogP contribution is 2.30. The molecule has 64 valence electrons. The summed E-state index contributed by atoms with van der Waals surface area (Å²) in [5, 5.41) is 12.7. The van der Waals surface area contributed by atoms with Crippen LogP contribution in [0.25, 0.3) is 0 Å². The summed E-state index contributed by atoms with van der Waals surface area (Å²) in [5.74, 6) is 0.378. The lowest BCUT2D eigenvalue weighted by Crippen LogP contribution is -2.11. The van der Waals surface area contributed by atoms with Gasteiger partial charge in [-0.15, -0.1) is 0 Å². The topological polar surface area (TPSA) is 32.3 Å². The van der Waals surface area contributed by atoms with E-state index in [9.17, 15) is 5.11 Å². The van der Waals surface area contributed by atoms with Crippen LogP contribution in [0, 0.1) is 3.57 Å². The molecule has 0 spiro atoms. The van der Waals surface area contributed by atoms with Crippen LogP contribution in [-0.4, -0.2) is 11.7 Å². The molecule has 1 aliphatic heterocycles. The summed E-state index contributed by atoms with van der Waals surface area (Å²) < 4.78 is 0.940. The third-order valence-electron chi connectivity index (χ3n) is 2.11. The van der Waals surface area contributed by atoms with Gasteiger partial charge in [-0.3, -0.25) is 0 Å². The minimum absolute atomic E-state index is 0.378. The SMILES string of the molecule is Oc1cc2c(cc1I)CCCN2. The number of hydrogen-bond donors (Lipinski definition) is 2. The Balaban J connectivity index is 2.49. The average molecular weight is 275 g/mol. The van der Waals surface area contributed by atoms with E-state index in [0.29, 0.717) is 5.75 Å². The third kappa shape index (κ3) is 1.37. The van der Waals surface area contributed by atoms with E-state index < -0.39 is 0 Å². The zero-order valence-corrected chi connectivity index (χ0v) is 8.76. The number of hydrogen-bond acceptors (Lipinski definition) is 2. The van der Waals surface area contributed by atoms with Crippen LogP contribution in [0.4, 0.5) is 5.69 Å². The molecule has 1 aromatic rings. The number of fused-ring (bicyclic) bond motifs is 1. The number of aryl methyl sites for hydroxylation is 1. The maximum Gasteiger partial charge on any atom is 0.130 e. The van der Waals surface area contributed by atoms with Crippen molar-refractivity contribution in [3.63, 3.8) is 0 Å². The Morgan fingerprint density at radius 2 is 2.25 bits per heavy atom. The average Bonchev–Trinajstić information content (AvgIpc) is 2.07. The van der Waals surface area contributed by atoms with Crippen LogP contribution in [0.5, 0.6) is 5.75 Å². The second-order valence-electron chi connectivity index (χ2n) is 2.99. The smallest absolute Gasteiger partial charge is 0.130 e. The van der Waals surface area contributed by atoms with E-state index in [2.05, 4.69) is 34.0 Å². The molecule has 0 radical (unpaired) electrons. The van der Waals surface area contributed by atoms with Gasteiger partial charge >= 0.3 is 0 Å². The molecule has 0 amide bonds.